The lowest BCUT2D eigenvalue weighted by Crippen LogP contribution is -2.17. The van der Waals surface area contributed by atoms with Crippen LogP contribution in [-0.2, 0) is 0 Å². The topological polar surface area (TPSA) is 50.9 Å². The van der Waals surface area contributed by atoms with E-state index >= 15 is 0 Å². The normalized spacial score (nSPS) is 14.6. The number of nitrogens with zero attached hydrogens (tertiary/aromatic N) is 1. The molecule has 0 aliphatic heterocycles. The Kier molecular flexibility index (Phi) is 4.17. The van der Waals surface area contributed by atoms with Gasteiger partial charge in [-0.15, -0.1) is 0 Å². The number of hydrogen-bond donors (Lipinski definition) is 2. The van der Waals surface area contributed by atoms with Gasteiger partial charge in [0.1, 0.15) is 10.8 Å². The van der Waals surface area contributed by atoms with E-state index in [1.807, 2.05) is 19.9 Å². The molecule has 0 bridgehead atoms. The average molecular weight is 263 g/mol. The van der Waals surface area contributed by atoms with Crippen LogP contribution < -0.4 is 11.1 Å². The molecule has 4 heteroatoms. The van der Waals surface area contributed by atoms with Crippen LogP contribution in [0.15, 0.2) is 6.07 Å². The molecule has 1 aromatic rings. The summed E-state index contributed by atoms with van der Waals surface area (Å²) in [6, 6.07) is 2.02. The SMILES string of the molecule is Cc1cc(C)c(C(N)=S)c(NCCCC2CC2)n1. The maximum Gasteiger partial charge on any atom is 0.136 e. The van der Waals surface area contributed by atoms with E-state index < -0.39 is 0 Å². The van der Waals surface area contributed by atoms with Gasteiger partial charge in [-0.3, -0.25) is 0 Å². The molecule has 0 aromatic carbocycles. The van der Waals surface area contributed by atoms with Gasteiger partial charge in [-0.25, -0.2) is 4.98 Å². The molecule has 1 saturated carbocycles. The molecule has 1 heterocycles. The third-order valence-corrected chi connectivity index (χ3v) is 3.57. The number of pyridine rings is 1. The van der Waals surface area contributed by atoms with Gasteiger partial charge in [0.15, 0.2) is 0 Å². The lowest BCUT2D eigenvalue weighted by Gasteiger charge is -2.13. The van der Waals surface area contributed by atoms with E-state index in [-0.39, 0.29) is 0 Å². The maximum atomic E-state index is 5.78. The molecule has 3 N–H and O–H groups in total. The second-order valence-corrected chi connectivity index (χ2v) is 5.62. The fraction of sp³-hybridized carbons (Fsp3) is 0.571. The van der Waals surface area contributed by atoms with E-state index in [1.54, 1.807) is 0 Å². The molecule has 1 aliphatic carbocycles. The molecule has 0 saturated heterocycles. The summed E-state index contributed by atoms with van der Waals surface area (Å²) in [5.41, 5.74) is 8.76. The first-order chi connectivity index (χ1) is 8.58. The van der Waals surface area contributed by atoms with Crippen molar-refractivity contribution in [3.05, 3.63) is 22.9 Å². The second-order valence-electron chi connectivity index (χ2n) is 5.18. The summed E-state index contributed by atoms with van der Waals surface area (Å²) in [5, 5.41) is 3.38. The number of aryl methyl sites for hydroxylation is 2. The number of rotatable bonds is 6. The zero-order valence-corrected chi connectivity index (χ0v) is 11.9. The van der Waals surface area contributed by atoms with Crippen LogP contribution in [0.2, 0.25) is 0 Å². The zero-order chi connectivity index (χ0) is 13.1. The summed E-state index contributed by atoms with van der Waals surface area (Å²) >= 11 is 5.11. The lowest BCUT2D eigenvalue weighted by molar-refractivity contribution is 0.686. The van der Waals surface area contributed by atoms with Gasteiger partial charge in [0.05, 0.1) is 5.56 Å². The van der Waals surface area contributed by atoms with E-state index in [9.17, 15) is 0 Å². The highest BCUT2D eigenvalue weighted by Crippen LogP contribution is 2.33. The van der Waals surface area contributed by atoms with Crippen LogP contribution in [-0.4, -0.2) is 16.5 Å². The molecule has 98 valence electrons. The van der Waals surface area contributed by atoms with Gasteiger partial charge in [0.2, 0.25) is 0 Å². The highest BCUT2D eigenvalue weighted by molar-refractivity contribution is 7.80. The molecule has 0 atom stereocenters. The summed E-state index contributed by atoms with van der Waals surface area (Å²) in [4.78, 5) is 4.93. The average Bonchev–Trinajstić information content (AvgIpc) is 3.06. The maximum absolute atomic E-state index is 5.78. The van der Waals surface area contributed by atoms with Crippen molar-refractivity contribution in [2.24, 2.45) is 11.7 Å². The number of anilines is 1. The molecular formula is C14H21N3S. The Hall–Kier alpha value is -1.16. The first-order valence-corrected chi connectivity index (χ1v) is 7.00. The van der Waals surface area contributed by atoms with Crippen molar-refractivity contribution in [3.63, 3.8) is 0 Å². The summed E-state index contributed by atoms with van der Waals surface area (Å²) in [6.45, 7) is 4.96. The van der Waals surface area contributed by atoms with Gasteiger partial charge in [-0.2, -0.15) is 0 Å². The Labute approximate surface area is 114 Å². The van der Waals surface area contributed by atoms with Crippen molar-refractivity contribution >= 4 is 23.0 Å². The number of thiocarbonyl (C=S) groups is 1. The molecule has 18 heavy (non-hydrogen) atoms. The number of nitrogens with one attached hydrogen (secondary N) is 1. The minimum atomic E-state index is 0.421. The van der Waals surface area contributed by atoms with Crippen molar-refractivity contribution in [2.45, 2.75) is 39.5 Å². The molecule has 1 aromatic heterocycles. The van der Waals surface area contributed by atoms with E-state index in [0.717, 1.165) is 35.1 Å². The molecule has 1 aliphatic rings. The monoisotopic (exact) mass is 263 g/mol. The predicted molar refractivity (Wildman–Crippen MR) is 80.0 cm³/mol. The van der Waals surface area contributed by atoms with Gasteiger partial charge in [0, 0.05) is 12.2 Å². The molecule has 0 amide bonds. The van der Waals surface area contributed by atoms with E-state index in [1.165, 1.54) is 25.7 Å². The summed E-state index contributed by atoms with van der Waals surface area (Å²) in [6.07, 6.45) is 5.34. The summed E-state index contributed by atoms with van der Waals surface area (Å²) < 4.78 is 0. The third kappa shape index (κ3) is 3.42. The predicted octanol–water partition coefficient (Wildman–Crippen LogP) is 2.93. The van der Waals surface area contributed by atoms with E-state index in [4.69, 9.17) is 18.0 Å². The van der Waals surface area contributed by atoms with Crippen LogP contribution in [0.25, 0.3) is 0 Å². The second kappa shape index (κ2) is 5.65. The Balaban J connectivity index is 2.02. The van der Waals surface area contributed by atoms with Gasteiger partial charge < -0.3 is 11.1 Å². The molecule has 0 unspecified atom stereocenters. The van der Waals surface area contributed by atoms with Crippen molar-refractivity contribution in [1.29, 1.82) is 0 Å². The molecule has 1 fully saturated rings. The summed E-state index contributed by atoms with van der Waals surface area (Å²) in [7, 11) is 0. The third-order valence-electron chi connectivity index (χ3n) is 3.37. The van der Waals surface area contributed by atoms with Crippen LogP contribution in [0.3, 0.4) is 0 Å². The van der Waals surface area contributed by atoms with Crippen LogP contribution >= 0.6 is 12.2 Å². The first kappa shape index (κ1) is 13.3. The van der Waals surface area contributed by atoms with Crippen LogP contribution in [0.1, 0.15) is 42.5 Å². The minimum Gasteiger partial charge on any atom is -0.389 e. The number of nitrogens with two attached hydrogens (primary N) is 1. The van der Waals surface area contributed by atoms with Gasteiger partial charge in [0.25, 0.3) is 0 Å². The number of hydrogen-bond acceptors (Lipinski definition) is 3. The fourth-order valence-electron chi connectivity index (χ4n) is 2.28. The molecule has 0 spiro atoms. The van der Waals surface area contributed by atoms with Gasteiger partial charge >= 0.3 is 0 Å². The highest BCUT2D eigenvalue weighted by Gasteiger charge is 2.20. The first-order valence-electron chi connectivity index (χ1n) is 6.60. The molecule has 2 rings (SSSR count). The minimum absolute atomic E-state index is 0.421. The zero-order valence-electron chi connectivity index (χ0n) is 11.1. The van der Waals surface area contributed by atoms with Crippen molar-refractivity contribution < 1.29 is 0 Å². The Morgan fingerprint density at radius 1 is 1.50 bits per heavy atom. The van der Waals surface area contributed by atoms with E-state index in [0.29, 0.717) is 4.99 Å². The van der Waals surface area contributed by atoms with Gasteiger partial charge in [-0.05, 0) is 44.2 Å². The van der Waals surface area contributed by atoms with Crippen molar-refractivity contribution in [1.82, 2.24) is 4.98 Å². The number of aromatic nitrogens is 1. The fourth-order valence-corrected chi connectivity index (χ4v) is 2.54. The van der Waals surface area contributed by atoms with Crippen molar-refractivity contribution in [2.75, 3.05) is 11.9 Å². The standard InChI is InChI=1S/C14H21N3S/c1-9-8-10(2)17-14(12(9)13(15)18)16-7-3-4-11-5-6-11/h8,11H,3-7H2,1-2H3,(H2,15,18)(H,16,17). The van der Waals surface area contributed by atoms with E-state index in [2.05, 4.69) is 10.3 Å². The molecule has 3 nitrogen and oxygen atoms in total. The van der Waals surface area contributed by atoms with Gasteiger partial charge in [-0.1, -0.05) is 25.1 Å². The molecule has 0 radical (unpaired) electrons. The largest absolute Gasteiger partial charge is 0.389 e. The smallest absolute Gasteiger partial charge is 0.136 e. The van der Waals surface area contributed by atoms with Crippen LogP contribution in [0.4, 0.5) is 5.82 Å². The molecular weight excluding hydrogens is 242 g/mol. The van der Waals surface area contributed by atoms with Crippen LogP contribution in [0.5, 0.6) is 0 Å². The quantitative estimate of drug-likeness (QED) is 0.612. The highest BCUT2D eigenvalue weighted by atomic mass is 32.1. The Bertz CT molecular complexity index is 453. The lowest BCUT2D eigenvalue weighted by atomic mass is 10.1. The van der Waals surface area contributed by atoms with Crippen molar-refractivity contribution in [3.8, 4) is 0 Å². The summed E-state index contributed by atoms with van der Waals surface area (Å²) in [5.74, 6) is 1.82. The Morgan fingerprint density at radius 2 is 2.22 bits per heavy atom. The Morgan fingerprint density at radius 3 is 2.83 bits per heavy atom. The van der Waals surface area contributed by atoms with Crippen LogP contribution in [0, 0.1) is 19.8 Å².